The fraction of sp³-hybridized carbons (Fsp3) is 0.583. The molecule has 0 aliphatic rings. The van der Waals surface area contributed by atoms with E-state index in [0.29, 0.717) is 18.2 Å². The molecule has 1 rings (SSSR count). The molecular weight excluding hydrogens is 220 g/mol. The van der Waals surface area contributed by atoms with Crippen molar-refractivity contribution in [2.24, 2.45) is 0 Å². The van der Waals surface area contributed by atoms with Crippen LogP contribution in [0.5, 0.6) is 5.88 Å². The molecule has 1 heterocycles. The molecule has 3 nitrogen and oxygen atoms in total. The minimum atomic E-state index is 0.558. The molecule has 0 aromatic carbocycles. The Balaban J connectivity index is 2.50. The van der Waals surface area contributed by atoms with Gasteiger partial charge in [-0.3, -0.25) is 0 Å². The van der Waals surface area contributed by atoms with Gasteiger partial charge in [0.05, 0.1) is 12.3 Å². The summed E-state index contributed by atoms with van der Waals surface area (Å²) in [5.74, 6) is 1.67. The van der Waals surface area contributed by atoms with E-state index in [1.165, 1.54) is 19.3 Å². The lowest BCUT2D eigenvalue weighted by molar-refractivity contribution is 0.326. The maximum atomic E-state index is 5.76. The van der Waals surface area contributed by atoms with Crippen molar-refractivity contribution in [3.05, 3.63) is 12.1 Å². The lowest BCUT2D eigenvalue weighted by Gasteiger charge is -2.07. The highest BCUT2D eigenvalue weighted by atomic mass is 32.2. The van der Waals surface area contributed by atoms with Gasteiger partial charge in [0, 0.05) is 0 Å². The molecule has 0 bridgehead atoms. The van der Waals surface area contributed by atoms with E-state index in [1.54, 1.807) is 11.8 Å². The maximum absolute atomic E-state index is 5.76. The molecule has 1 aromatic heterocycles. The van der Waals surface area contributed by atoms with Crippen LogP contribution in [0.1, 0.15) is 33.1 Å². The fourth-order valence-corrected chi connectivity index (χ4v) is 2.17. The topological polar surface area (TPSA) is 48.1 Å². The molecule has 0 radical (unpaired) electrons. The Hall–Kier alpha value is -0.900. The predicted molar refractivity (Wildman–Crippen MR) is 70.1 cm³/mol. The molecule has 0 saturated carbocycles. The Morgan fingerprint density at radius 2 is 2.12 bits per heavy atom. The minimum Gasteiger partial charge on any atom is -0.476 e. The molecule has 4 heteroatoms. The molecule has 0 atom stereocenters. The van der Waals surface area contributed by atoms with Gasteiger partial charge in [-0.25, -0.2) is 4.98 Å². The second kappa shape index (κ2) is 7.39. The number of rotatable bonds is 7. The van der Waals surface area contributed by atoms with Crippen LogP contribution in [0, 0.1) is 0 Å². The lowest BCUT2D eigenvalue weighted by atomic mass is 10.3. The molecular formula is C12H20N2OS. The maximum Gasteiger partial charge on any atom is 0.238 e. The van der Waals surface area contributed by atoms with Crippen LogP contribution in [0.2, 0.25) is 0 Å². The first-order chi connectivity index (χ1) is 7.77. The van der Waals surface area contributed by atoms with E-state index in [2.05, 4.69) is 11.9 Å². The second-order valence-electron chi connectivity index (χ2n) is 3.53. The fourth-order valence-electron chi connectivity index (χ4n) is 1.30. The summed E-state index contributed by atoms with van der Waals surface area (Å²) in [6, 6.07) is 3.81. The number of ether oxygens (including phenoxy) is 1. The van der Waals surface area contributed by atoms with E-state index in [1.807, 2.05) is 19.1 Å². The number of pyridine rings is 1. The molecule has 0 spiro atoms. The zero-order chi connectivity index (χ0) is 11.8. The van der Waals surface area contributed by atoms with Gasteiger partial charge in [-0.15, -0.1) is 11.8 Å². The van der Waals surface area contributed by atoms with Gasteiger partial charge in [0.2, 0.25) is 5.88 Å². The lowest BCUT2D eigenvalue weighted by Crippen LogP contribution is -2.00. The molecule has 90 valence electrons. The first kappa shape index (κ1) is 13.2. The van der Waals surface area contributed by atoms with Gasteiger partial charge < -0.3 is 10.5 Å². The van der Waals surface area contributed by atoms with Crippen molar-refractivity contribution in [3.8, 4) is 5.88 Å². The van der Waals surface area contributed by atoms with E-state index >= 15 is 0 Å². The van der Waals surface area contributed by atoms with Crippen LogP contribution in [-0.4, -0.2) is 17.3 Å². The second-order valence-corrected chi connectivity index (χ2v) is 4.65. The van der Waals surface area contributed by atoms with Gasteiger partial charge in [0.25, 0.3) is 0 Å². The summed E-state index contributed by atoms with van der Waals surface area (Å²) in [6.45, 7) is 4.74. The summed E-state index contributed by atoms with van der Waals surface area (Å²) in [5.41, 5.74) is 6.37. The number of unbranched alkanes of at least 4 members (excludes halogenated alkanes) is 2. The van der Waals surface area contributed by atoms with Crippen LogP contribution in [0.15, 0.2) is 17.2 Å². The Morgan fingerprint density at radius 1 is 1.31 bits per heavy atom. The van der Waals surface area contributed by atoms with Gasteiger partial charge in [-0.2, -0.15) is 0 Å². The Morgan fingerprint density at radius 3 is 2.81 bits per heavy atom. The molecule has 1 aromatic rings. The summed E-state index contributed by atoms with van der Waals surface area (Å²) in [7, 11) is 0. The van der Waals surface area contributed by atoms with Crippen molar-refractivity contribution >= 4 is 17.4 Å². The number of anilines is 1. The standard InChI is InChI=1S/C12H20N2OS/c1-3-5-6-9-16-11-8-7-10(13)12(14-11)15-4-2/h7-8H,3-6,9,13H2,1-2H3. The Bertz CT molecular complexity index is 318. The first-order valence-electron chi connectivity index (χ1n) is 5.80. The van der Waals surface area contributed by atoms with Crippen molar-refractivity contribution < 1.29 is 4.74 Å². The third-order valence-corrected chi connectivity index (χ3v) is 3.16. The smallest absolute Gasteiger partial charge is 0.238 e. The van der Waals surface area contributed by atoms with E-state index < -0.39 is 0 Å². The normalized spacial score (nSPS) is 10.4. The van der Waals surface area contributed by atoms with Gasteiger partial charge in [0.15, 0.2) is 0 Å². The number of hydrogen-bond donors (Lipinski definition) is 1. The average Bonchev–Trinajstić information content (AvgIpc) is 2.29. The van der Waals surface area contributed by atoms with E-state index in [0.717, 1.165) is 10.8 Å². The number of nitrogens with two attached hydrogens (primary N) is 1. The molecule has 0 saturated heterocycles. The monoisotopic (exact) mass is 240 g/mol. The quantitative estimate of drug-likeness (QED) is 0.586. The van der Waals surface area contributed by atoms with Gasteiger partial charge in [-0.05, 0) is 31.2 Å². The largest absolute Gasteiger partial charge is 0.476 e. The van der Waals surface area contributed by atoms with E-state index in [9.17, 15) is 0 Å². The van der Waals surface area contributed by atoms with Crippen LogP contribution in [0.25, 0.3) is 0 Å². The van der Waals surface area contributed by atoms with Crippen molar-refractivity contribution in [1.82, 2.24) is 4.98 Å². The van der Waals surface area contributed by atoms with Crippen molar-refractivity contribution in [2.45, 2.75) is 38.1 Å². The number of thioether (sulfide) groups is 1. The highest BCUT2D eigenvalue weighted by Gasteiger charge is 2.03. The summed E-state index contributed by atoms with van der Waals surface area (Å²) in [4.78, 5) is 4.38. The number of aromatic nitrogens is 1. The molecule has 2 N–H and O–H groups in total. The molecule has 16 heavy (non-hydrogen) atoms. The summed E-state index contributed by atoms with van der Waals surface area (Å²) >= 11 is 1.76. The molecule has 0 aliphatic carbocycles. The summed E-state index contributed by atoms with van der Waals surface area (Å²) < 4.78 is 5.36. The SMILES string of the molecule is CCCCCSc1ccc(N)c(OCC)n1. The zero-order valence-corrected chi connectivity index (χ0v) is 10.8. The van der Waals surface area contributed by atoms with Crippen molar-refractivity contribution in [1.29, 1.82) is 0 Å². The van der Waals surface area contributed by atoms with Gasteiger partial charge in [-0.1, -0.05) is 19.8 Å². The third kappa shape index (κ3) is 4.31. The number of hydrogen-bond acceptors (Lipinski definition) is 4. The van der Waals surface area contributed by atoms with Gasteiger partial charge >= 0.3 is 0 Å². The van der Waals surface area contributed by atoms with Crippen LogP contribution < -0.4 is 10.5 Å². The average molecular weight is 240 g/mol. The highest BCUT2D eigenvalue weighted by molar-refractivity contribution is 7.99. The van der Waals surface area contributed by atoms with Crippen LogP contribution in [-0.2, 0) is 0 Å². The molecule has 0 aliphatic heterocycles. The summed E-state index contributed by atoms with van der Waals surface area (Å²) in [5, 5.41) is 0.994. The third-order valence-electron chi connectivity index (χ3n) is 2.14. The summed E-state index contributed by atoms with van der Waals surface area (Å²) in [6.07, 6.45) is 3.76. The minimum absolute atomic E-state index is 0.558. The van der Waals surface area contributed by atoms with Crippen LogP contribution >= 0.6 is 11.8 Å². The Labute approximate surface area is 102 Å². The zero-order valence-electron chi connectivity index (χ0n) is 10.0. The number of nitrogens with zero attached hydrogens (tertiary/aromatic N) is 1. The Kier molecular flexibility index (Phi) is 6.08. The first-order valence-corrected chi connectivity index (χ1v) is 6.78. The van der Waals surface area contributed by atoms with Crippen LogP contribution in [0.3, 0.4) is 0 Å². The van der Waals surface area contributed by atoms with Crippen molar-refractivity contribution in [2.75, 3.05) is 18.1 Å². The van der Waals surface area contributed by atoms with E-state index in [-0.39, 0.29) is 0 Å². The van der Waals surface area contributed by atoms with Crippen molar-refractivity contribution in [3.63, 3.8) is 0 Å². The van der Waals surface area contributed by atoms with Crippen LogP contribution in [0.4, 0.5) is 5.69 Å². The molecule has 0 amide bonds. The molecule has 0 unspecified atom stereocenters. The van der Waals surface area contributed by atoms with E-state index in [4.69, 9.17) is 10.5 Å². The predicted octanol–water partition coefficient (Wildman–Crippen LogP) is 3.34. The highest BCUT2D eigenvalue weighted by Crippen LogP contribution is 2.24. The van der Waals surface area contributed by atoms with Gasteiger partial charge in [0.1, 0.15) is 5.03 Å². The number of nitrogen functional groups attached to an aromatic ring is 1. The molecule has 0 fully saturated rings.